The highest BCUT2D eigenvalue weighted by Gasteiger charge is 2.21. The van der Waals surface area contributed by atoms with Crippen LogP contribution < -0.4 is 16.0 Å². The zero-order valence-electron chi connectivity index (χ0n) is 18.4. The van der Waals surface area contributed by atoms with Gasteiger partial charge >= 0.3 is 0 Å². The summed E-state index contributed by atoms with van der Waals surface area (Å²) in [5.74, 6) is 1.02. The van der Waals surface area contributed by atoms with E-state index in [1.165, 1.54) is 0 Å². The molecule has 3 N–H and O–H groups in total. The molecule has 168 valence electrons. The maximum Gasteiger partial charge on any atom is 0.234 e. The molecule has 2 aliphatic heterocycles. The molecule has 2 heterocycles. The highest BCUT2D eigenvalue weighted by atomic mass is 16.5. The number of nitrogens with one attached hydrogen (secondary N) is 3. The Balaban J connectivity index is 1.62. The molecule has 1 amide bonds. The Labute approximate surface area is 176 Å². The highest BCUT2D eigenvalue weighted by Crippen LogP contribution is 2.11. The van der Waals surface area contributed by atoms with E-state index in [2.05, 4.69) is 34.7 Å². The van der Waals surface area contributed by atoms with Crippen molar-refractivity contribution in [3.8, 4) is 0 Å². The zero-order chi connectivity index (χ0) is 20.7. The first-order valence-electron chi connectivity index (χ1n) is 11.4. The van der Waals surface area contributed by atoms with Crippen molar-refractivity contribution in [1.29, 1.82) is 0 Å². The van der Waals surface area contributed by atoms with Gasteiger partial charge in [0.2, 0.25) is 5.91 Å². The molecule has 0 aromatic heterocycles. The van der Waals surface area contributed by atoms with Crippen molar-refractivity contribution >= 4 is 11.9 Å². The van der Waals surface area contributed by atoms with Gasteiger partial charge in [-0.3, -0.25) is 14.7 Å². The third kappa shape index (κ3) is 10.3. The second kappa shape index (κ2) is 14.6. The maximum absolute atomic E-state index is 11.9. The van der Waals surface area contributed by atoms with Gasteiger partial charge in [-0.25, -0.2) is 0 Å². The summed E-state index contributed by atoms with van der Waals surface area (Å²) in [6.07, 6.45) is 6.33. The minimum Gasteiger partial charge on any atom is -0.381 e. The lowest BCUT2D eigenvalue weighted by Crippen LogP contribution is -2.50. The number of hydrogen-bond acceptors (Lipinski definition) is 5. The molecule has 8 heteroatoms. The van der Waals surface area contributed by atoms with Crippen LogP contribution in [0.25, 0.3) is 0 Å². The van der Waals surface area contributed by atoms with E-state index in [-0.39, 0.29) is 5.91 Å². The van der Waals surface area contributed by atoms with E-state index >= 15 is 0 Å². The molecular weight excluding hydrogens is 370 g/mol. The lowest BCUT2D eigenvalue weighted by atomic mass is 10.1. The van der Waals surface area contributed by atoms with Gasteiger partial charge in [-0.05, 0) is 45.4 Å². The largest absolute Gasteiger partial charge is 0.381 e. The van der Waals surface area contributed by atoms with Crippen LogP contribution in [0.15, 0.2) is 4.99 Å². The number of carbonyl (C=O) groups excluding carboxylic acids is 1. The molecule has 2 fully saturated rings. The van der Waals surface area contributed by atoms with Gasteiger partial charge in [0.05, 0.1) is 12.6 Å². The Bertz CT molecular complexity index is 475. The van der Waals surface area contributed by atoms with Gasteiger partial charge in [0.25, 0.3) is 0 Å². The second-order valence-corrected chi connectivity index (χ2v) is 7.84. The van der Waals surface area contributed by atoms with E-state index in [4.69, 9.17) is 14.5 Å². The van der Waals surface area contributed by atoms with Crippen LogP contribution in [0, 0.1) is 0 Å². The minimum absolute atomic E-state index is 0.135. The standard InChI is InChI=1S/C21H41N5O3/c1-3-10-23-20(27)17-26-12-6-18(7-13-26)25-21(22-4-2)24-11-5-14-29-19-8-15-28-16-9-19/h18-19H,3-17H2,1-2H3,(H,23,27)(H2,22,24,25). The van der Waals surface area contributed by atoms with E-state index in [0.717, 1.165) is 97.0 Å². The molecule has 0 aromatic carbocycles. The summed E-state index contributed by atoms with van der Waals surface area (Å²) in [6.45, 7) is 11.3. The molecule has 0 spiro atoms. The van der Waals surface area contributed by atoms with E-state index in [0.29, 0.717) is 18.7 Å². The van der Waals surface area contributed by atoms with Crippen LogP contribution in [0.4, 0.5) is 0 Å². The van der Waals surface area contributed by atoms with Crippen LogP contribution in [-0.2, 0) is 14.3 Å². The number of rotatable bonds is 11. The van der Waals surface area contributed by atoms with Gasteiger partial charge in [-0.15, -0.1) is 0 Å². The van der Waals surface area contributed by atoms with Crippen molar-refractivity contribution in [2.45, 2.75) is 64.5 Å². The third-order valence-corrected chi connectivity index (χ3v) is 5.31. The average molecular weight is 412 g/mol. The smallest absolute Gasteiger partial charge is 0.234 e. The maximum atomic E-state index is 11.9. The lowest BCUT2D eigenvalue weighted by Gasteiger charge is -2.32. The average Bonchev–Trinajstić information content (AvgIpc) is 2.74. The summed E-state index contributed by atoms with van der Waals surface area (Å²) in [5.41, 5.74) is 0. The topological polar surface area (TPSA) is 87.2 Å². The van der Waals surface area contributed by atoms with Crippen molar-refractivity contribution in [3.63, 3.8) is 0 Å². The normalized spacial score (nSPS) is 19.9. The van der Waals surface area contributed by atoms with Gasteiger partial charge in [-0.2, -0.15) is 0 Å². The number of carbonyl (C=O) groups is 1. The van der Waals surface area contributed by atoms with Gasteiger partial charge in [0.1, 0.15) is 0 Å². The molecule has 29 heavy (non-hydrogen) atoms. The van der Waals surface area contributed by atoms with Crippen LogP contribution in [0.3, 0.4) is 0 Å². The third-order valence-electron chi connectivity index (χ3n) is 5.31. The Morgan fingerprint density at radius 1 is 1.14 bits per heavy atom. The highest BCUT2D eigenvalue weighted by molar-refractivity contribution is 5.80. The Morgan fingerprint density at radius 3 is 2.59 bits per heavy atom. The fourth-order valence-corrected chi connectivity index (χ4v) is 3.62. The first-order valence-corrected chi connectivity index (χ1v) is 11.4. The molecule has 2 aliphatic rings. The molecule has 0 aliphatic carbocycles. The first kappa shape index (κ1) is 23.9. The Morgan fingerprint density at radius 2 is 1.90 bits per heavy atom. The van der Waals surface area contributed by atoms with Gasteiger partial charge < -0.3 is 25.4 Å². The van der Waals surface area contributed by atoms with Crippen LogP contribution in [0.2, 0.25) is 0 Å². The second-order valence-electron chi connectivity index (χ2n) is 7.84. The van der Waals surface area contributed by atoms with E-state index < -0.39 is 0 Å². The summed E-state index contributed by atoms with van der Waals surface area (Å²) in [4.78, 5) is 18.8. The quantitative estimate of drug-likeness (QED) is 0.268. The molecule has 8 nitrogen and oxygen atoms in total. The van der Waals surface area contributed by atoms with Crippen LogP contribution >= 0.6 is 0 Å². The molecule has 0 atom stereocenters. The molecule has 0 aromatic rings. The summed E-state index contributed by atoms with van der Waals surface area (Å²) < 4.78 is 11.3. The summed E-state index contributed by atoms with van der Waals surface area (Å²) in [6, 6.07) is 0.404. The molecular formula is C21H41N5O3. The van der Waals surface area contributed by atoms with Gasteiger partial charge in [0, 0.05) is 58.6 Å². The van der Waals surface area contributed by atoms with E-state index in [1.54, 1.807) is 0 Å². The number of aliphatic imine (C=N–C) groups is 1. The SMILES string of the molecule is CCCNC(=O)CN1CCC(NC(=NCCCOC2CCOCC2)NCC)CC1. The van der Waals surface area contributed by atoms with Crippen molar-refractivity contribution < 1.29 is 14.3 Å². The van der Waals surface area contributed by atoms with Crippen molar-refractivity contribution in [2.75, 3.05) is 59.1 Å². The molecule has 0 unspecified atom stereocenters. The van der Waals surface area contributed by atoms with E-state index in [9.17, 15) is 4.79 Å². The molecule has 0 radical (unpaired) electrons. The number of nitrogens with zero attached hydrogens (tertiary/aromatic N) is 2. The fourth-order valence-electron chi connectivity index (χ4n) is 3.62. The number of likely N-dealkylation sites (tertiary alicyclic amines) is 1. The predicted octanol–water partition coefficient (Wildman–Crippen LogP) is 1.12. The first-order chi connectivity index (χ1) is 14.2. The Kier molecular flexibility index (Phi) is 12.0. The number of piperidine rings is 1. The van der Waals surface area contributed by atoms with Gasteiger partial charge in [0.15, 0.2) is 5.96 Å². The number of hydrogen-bond donors (Lipinski definition) is 3. The van der Waals surface area contributed by atoms with Crippen LogP contribution in [0.5, 0.6) is 0 Å². The minimum atomic E-state index is 0.135. The lowest BCUT2D eigenvalue weighted by molar-refractivity contribution is -0.122. The fraction of sp³-hybridized carbons (Fsp3) is 0.905. The van der Waals surface area contributed by atoms with Crippen LogP contribution in [0.1, 0.15) is 52.4 Å². The molecule has 2 rings (SSSR count). The van der Waals surface area contributed by atoms with Crippen LogP contribution in [-0.4, -0.2) is 88.0 Å². The zero-order valence-corrected chi connectivity index (χ0v) is 18.4. The van der Waals surface area contributed by atoms with Crippen molar-refractivity contribution in [3.05, 3.63) is 0 Å². The molecule has 2 saturated heterocycles. The van der Waals surface area contributed by atoms with Gasteiger partial charge in [-0.1, -0.05) is 6.92 Å². The number of guanidine groups is 1. The predicted molar refractivity (Wildman–Crippen MR) is 116 cm³/mol. The number of ether oxygens (including phenoxy) is 2. The monoisotopic (exact) mass is 411 g/mol. The summed E-state index contributed by atoms with van der Waals surface area (Å²) in [5, 5.41) is 9.85. The van der Waals surface area contributed by atoms with Crippen molar-refractivity contribution in [2.24, 2.45) is 4.99 Å². The molecule has 0 bridgehead atoms. The Hall–Kier alpha value is -1.38. The van der Waals surface area contributed by atoms with Crippen molar-refractivity contribution in [1.82, 2.24) is 20.9 Å². The number of amides is 1. The molecule has 0 saturated carbocycles. The van der Waals surface area contributed by atoms with E-state index in [1.807, 2.05) is 0 Å². The summed E-state index contributed by atoms with van der Waals surface area (Å²) in [7, 11) is 0. The summed E-state index contributed by atoms with van der Waals surface area (Å²) >= 11 is 0.